The maximum absolute atomic E-state index is 11.9. The van der Waals surface area contributed by atoms with E-state index in [2.05, 4.69) is 53.1 Å². The lowest BCUT2D eigenvalue weighted by molar-refractivity contribution is -0.445. The minimum atomic E-state index is -4.31. The van der Waals surface area contributed by atoms with Gasteiger partial charge in [-0.1, -0.05) is 12.6 Å². The monoisotopic (exact) mass is 544 g/mol. The average Bonchev–Trinajstić information content (AvgIpc) is 3.33. The first-order valence-corrected chi connectivity index (χ1v) is 14.7. The van der Waals surface area contributed by atoms with Crippen molar-refractivity contribution in [3.63, 3.8) is 0 Å². The Morgan fingerprint density at radius 2 is 2.03 bits per heavy atom. The van der Waals surface area contributed by atoms with Crippen LogP contribution in [-0.4, -0.2) is 53.0 Å². The second-order valence-electron chi connectivity index (χ2n) is 11.4. The molecule has 2 aromatic carbocycles. The van der Waals surface area contributed by atoms with Gasteiger partial charge in [0.15, 0.2) is 12.3 Å². The highest BCUT2D eigenvalue weighted by molar-refractivity contribution is 7.85. The van der Waals surface area contributed by atoms with E-state index >= 15 is 0 Å². The lowest BCUT2D eigenvalue weighted by atomic mass is 9.75. The van der Waals surface area contributed by atoms with E-state index in [0.717, 1.165) is 81.1 Å². The Hall–Kier alpha value is -3.53. The third-order valence-corrected chi connectivity index (χ3v) is 9.67. The first-order valence-electron chi connectivity index (χ1n) is 13.3. The van der Waals surface area contributed by atoms with Gasteiger partial charge in [0.1, 0.15) is 0 Å². The van der Waals surface area contributed by atoms with Gasteiger partial charge in [0.2, 0.25) is 12.1 Å². The van der Waals surface area contributed by atoms with Crippen LogP contribution in [0.4, 0.5) is 5.69 Å². The number of rotatable bonds is 4. The summed E-state index contributed by atoms with van der Waals surface area (Å²) < 4.78 is 44.9. The Balaban J connectivity index is 1.43. The van der Waals surface area contributed by atoms with E-state index in [1.165, 1.54) is 6.07 Å². The van der Waals surface area contributed by atoms with Crippen molar-refractivity contribution in [1.82, 2.24) is 9.88 Å². The van der Waals surface area contributed by atoms with E-state index in [4.69, 9.17) is 4.74 Å². The molecule has 4 aliphatic rings. The second-order valence-corrected chi connectivity index (χ2v) is 12.8. The van der Waals surface area contributed by atoms with Crippen LogP contribution in [0.5, 0.6) is 0 Å². The van der Waals surface area contributed by atoms with E-state index in [9.17, 15) is 17.8 Å². The molecule has 2 unspecified atom stereocenters. The van der Waals surface area contributed by atoms with E-state index < -0.39 is 15.5 Å². The molecule has 0 saturated heterocycles. The van der Waals surface area contributed by atoms with Crippen LogP contribution >= 0.6 is 0 Å². The number of fused-ring (bicyclic) bond motifs is 8. The maximum Gasteiger partial charge on any atom is 0.294 e. The van der Waals surface area contributed by atoms with Crippen molar-refractivity contribution in [2.45, 2.75) is 62.3 Å². The molecular formula is C30H30N3O5S+. The molecule has 0 saturated carbocycles. The summed E-state index contributed by atoms with van der Waals surface area (Å²) in [6.07, 6.45) is 4.66. The SMILES string of the molecule is C=c1c2n(c3ccc(CNC=O)cc13)CCC1OC3CC[N+]4=C(C3=CC=21)C(C)(C)c1cc(S(=O)(=O)O)ccc14. The highest BCUT2D eigenvalue weighted by Crippen LogP contribution is 2.47. The third-order valence-electron chi connectivity index (χ3n) is 8.82. The Bertz CT molecular complexity index is 1900. The van der Waals surface area contributed by atoms with Crippen molar-refractivity contribution >= 4 is 51.0 Å². The van der Waals surface area contributed by atoms with Gasteiger partial charge in [0, 0.05) is 58.4 Å². The number of nitrogens with one attached hydrogen (secondary N) is 1. The number of ether oxygens (including phenoxy) is 1. The molecule has 0 bridgehead atoms. The zero-order valence-corrected chi connectivity index (χ0v) is 22.7. The van der Waals surface area contributed by atoms with Crippen molar-refractivity contribution in [2.24, 2.45) is 0 Å². The molecule has 9 heteroatoms. The summed E-state index contributed by atoms with van der Waals surface area (Å²) in [7, 11) is -4.31. The molecule has 0 aliphatic carbocycles. The normalized spacial score (nSPS) is 22.9. The Morgan fingerprint density at radius 3 is 2.79 bits per heavy atom. The van der Waals surface area contributed by atoms with Crippen LogP contribution in [0.3, 0.4) is 0 Å². The molecule has 8 nitrogen and oxygen atoms in total. The van der Waals surface area contributed by atoms with Crippen LogP contribution in [0.1, 0.15) is 37.8 Å². The smallest absolute Gasteiger partial charge is 0.294 e. The van der Waals surface area contributed by atoms with Gasteiger partial charge in [-0.2, -0.15) is 13.0 Å². The molecule has 0 fully saturated rings. The van der Waals surface area contributed by atoms with Crippen molar-refractivity contribution in [3.05, 3.63) is 69.7 Å². The molecule has 1 aromatic heterocycles. The quantitative estimate of drug-likeness (QED) is 0.298. The number of hydrogen-bond donors (Lipinski definition) is 2. The number of aryl methyl sites for hydroxylation is 1. The Morgan fingerprint density at radius 1 is 1.21 bits per heavy atom. The van der Waals surface area contributed by atoms with Gasteiger partial charge in [-0.25, -0.2) is 0 Å². The summed E-state index contributed by atoms with van der Waals surface area (Å²) in [6, 6.07) is 11.1. The highest BCUT2D eigenvalue weighted by Gasteiger charge is 2.53. The molecule has 39 heavy (non-hydrogen) atoms. The van der Waals surface area contributed by atoms with E-state index in [1.54, 1.807) is 12.1 Å². The average molecular weight is 545 g/mol. The predicted octanol–water partition coefficient (Wildman–Crippen LogP) is 2.27. The van der Waals surface area contributed by atoms with Crippen molar-refractivity contribution in [3.8, 4) is 0 Å². The summed E-state index contributed by atoms with van der Waals surface area (Å²) in [6.45, 7) is 10.8. The molecule has 0 radical (unpaired) electrons. The largest absolute Gasteiger partial charge is 0.365 e. The van der Waals surface area contributed by atoms with Crippen molar-refractivity contribution in [1.29, 1.82) is 0 Å². The molecule has 2 N–H and O–H groups in total. The number of carbonyl (C=O) groups is 1. The topological polar surface area (TPSA) is 101 Å². The molecule has 0 spiro atoms. The molecule has 3 aromatic rings. The van der Waals surface area contributed by atoms with E-state index in [0.29, 0.717) is 13.0 Å². The molecule has 1 amide bonds. The van der Waals surface area contributed by atoms with Crippen LogP contribution in [0.25, 0.3) is 23.1 Å². The second kappa shape index (κ2) is 8.24. The minimum Gasteiger partial charge on any atom is -0.365 e. The van der Waals surface area contributed by atoms with E-state index in [1.807, 2.05) is 6.07 Å². The van der Waals surface area contributed by atoms with Crippen LogP contribution in [0.15, 0.2) is 52.9 Å². The van der Waals surface area contributed by atoms with Crippen LogP contribution in [0.2, 0.25) is 0 Å². The Labute approximate surface area is 226 Å². The number of nitrogens with zero attached hydrogens (tertiary/aromatic N) is 2. The summed E-state index contributed by atoms with van der Waals surface area (Å²) in [5, 5.41) is 5.86. The molecule has 2 atom stereocenters. The van der Waals surface area contributed by atoms with Gasteiger partial charge in [-0.15, -0.1) is 0 Å². The standard InChI is InChI=1S/C30H29N3O5S/c1-17-20-12-18(15-31-16-34)4-6-24(20)32-10-8-26-21(28(17)32)14-22-27(38-26)9-11-33-25-7-5-19(39(35,36)37)13-23(25)30(2,3)29(22)33/h4-7,12-14,16,26-27H,1,8-11,15H2,2-3H3,(H-,31,34,35,36,37)/p+1. The third kappa shape index (κ3) is 3.46. The van der Waals surface area contributed by atoms with Crippen LogP contribution in [0, 0.1) is 0 Å². The fourth-order valence-electron chi connectivity index (χ4n) is 7.13. The van der Waals surface area contributed by atoms with Gasteiger partial charge in [0.05, 0.1) is 27.9 Å². The highest BCUT2D eigenvalue weighted by atomic mass is 32.2. The zero-order valence-electron chi connectivity index (χ0n) is 21.9. The number of benzene rings is 2. The predicted molar refractivity (Wildman–Crippen MR) is 148 cm³/mol. The van der Waals surface area contributed by atoms with Gasteiger partial charge < -0.3 is 14.6 Å². The van der Waals surface area contributed by atoms with Crippen LogP contribution < -0.4 is 15.9 Å². The molecule has 4 aliphatic heterocycles. The maximum atomic E-state index is 11.9. The lowest BCUT2D eigenvalue weighted by Gasteiger charge is -2.37. The van der Waals surface area contributed by atoms with Gasteiger partial charge >= 0.3 is 0 Å². The minimum absolute atomic E-state index is 0.0163. The first kappa shape index (κ1) is 24.5. The molecule has 7 rings (SSSR count). The first-order chi connectivity index (χ1) is 18.6. The molecule has 200 valence electrons. The number of hydrogen-bond acceptors (Lipinski definition) is 4. The molecule has 5 heterocycles. The van der Waals surface area contributed by atoms with Crippen LogP contribution in [-0.2, 0) is 38.2 Å². The summed E-state index contributed by atoms with van der Waals surface area (Å²) in [4.78, 5) is 10.7. The summed E-state index contributed by atoms with van der Waals surface area (Å²) in [5.41, 5.74) is 6.89. The summed E-state index contributed by atoms with van der Waals surface area (Å²) >= 11 is 0. The summed E-state index contributed by atoms with van der Waals surface area (Å²) in [5.74, 6) is 0. The lowest BCUT2D eigenvalue weighted by Crippen LogP contribution is -2.48. The number of carbonyl (C=O) groups excluding carboxylic acids is 1. The van der Waals surface area contributed by atoms with Gasteiger partial charge in [0.25, 0.3) is 10.1 Å². The molecular weight excluding hydrogens is 514 g/mol. The number of amides is 1. The van der Waals surface area contributed by atoms with E-state index in [-0.39, 0.29) is 17.1 Å². The van der Waals surface area contributed by atoms with Gasteiger partial charge in [-0.3, -0.25) is 9.35 Å². The zero-order chi connectivity index (χ0) is 27.3. The van der Waals surface area contributed by atoms with Gasteiger partial charge in [-0.05, 0) is 56.2 Å². The fraction of sp³-hybridized carbons (Fsp3) is 0.333. The van der Waals surface area contributed by atoms with Crippen molar-refractivity contribution < 1.29 is 27.1 Å². The number of aromatic nitrogens is 1. The fourth-order valence-corrected chi connectivity index (χ4v) is 7.64. The van der Waals surface area contributed by atoms with Crippen molar-refractivity contribution in [2.75, 3.05) is 6.54 Å². The Kier molecular flexibility index (Phi) is 5.18.